The lowest BCUT2D eigenvalue weighted by Crippen LogP contribution is -2.31. The minimum atomic E-state index is -0.0768. The molecule has 0 aliphatic carbocycles. The lowest BCUT2D eigenvalue weighted by Gasteiger charge is -2.19. The first kappa shape index (κ1) is 17.0. The zero-order valence-corrected chi connectivity index (χ0v) is 13.3. The first-order chi connectivity index (χ1) is 9.41. The number of rotatable bonds is 7. The van der Waals surface area contributed by atoms with Crippen LogP contribution in [0.2, 0.25) is 5.02 Å². The van der Waals surface area contributed by atoms with Crippen LogP contribution < -0.4 is 11.1 Å². The second kappa shape index (κ2) is 8.28. The van der Waals surface area contributed by atoms with E-state index >= 15 is 0 Å². The summed E-state index contributed by atoms with van der Waals surface area (Å²) in [6.45, 7) is 5.90. The standard InChI is InChI=1S/C16H25ClN2O/c1-11(7-6-8-12(2)18)16(20)19-13(3)14-9-4-5-10-15(14)17/h4-5,9-13H,6-8,18H2,1-3H3,(H,19,20). The fourth-order valence-corrected chi connectivity index (χ4v) is 2.44. The van der Waals surface area contributed by atoms with Gasteiger partial charge in [-0.1, -0.05) is 43.1 Å². The van der Waals surface area contributed by atoms with Crippen LogP contribution in [0.25, 0.3) is 0 Å². The fourth-order valence-electron chi connectivity index (χ4n) is 2.14. The molecule has 0 saturated carbocycles. The number of nitrogens with two attached hydrogens (primary N) is 1. The van der Waals surface area contributed by atoms with Crippen LogP contribution in [0, 0.1) is 5.92 Å². The van der Waals surface area contributed by atoms with Crippen molar-refractivity contribution in [1.82, 2.24) is 5.32 Å². The Morgan fingerprint density at radius 1 is 1.25 bits per heavy atom. The molecule has 1 amide bonds. The second-order valence-electron chi connectivity index (χ2n) is 5.56. The van der Waals surface area contributed by atoms with Gasteiger partial charge in [-0.25, -0.2) is 0 Å². The zero-order chi connectivity index (χ0) is 15.1. The summed E-state index contributed by atoms with van der Waals surface area (Å²) in [5.41, 5.74) is 6.66. The number of carbonyl (C=O) groups excluding carboxylic acids is 1. The van der Waals surface area contributed by atoms with Gasteiger partial charge in [-0.3, -0.25) is 4.79 Å². The van der Waals surface area contributed by atoms with Crippen molar-refractivity contribution in [3.05, 3.63) is 34.9 Å². The Morgan fingerprint density at radius 2 is 1.90 bits per heavy atom. The lowest BCUT2D eigenvalue weighted by atomic mass is 10.0. The van der Waals surface area contributed by atoms with Gasteiger partial charge < -0.3 is 11.1 Å². The Morgan fingerprint density at radius 3 is 2.50 bits per heavy atom. The summed E-state index contributed by atoms with van der Waals surface area (Å²) in [7, 11) is 0. The molecular weight excluding hydrogens is 272 g/mol. The summed E-state index contributed by atoms with van der Waals surface area (Å²) in [5.74, 6) is 0.0702. The van der Waals surface area contributed by atoms with Crippen LogP contribution in [0.1, 0.15) is 51.6 Å². The maximum absolute atomic E-state index is 12.1. The molecule has 0 bridgehead atoms. The second-order valence-corrected chi connectivity index (χ2v) is 5.97. The van der Waals surface area contributed by atoms with Crippen molar-refractivity contribution in [2.24, 2.45) is 11.7 Å². The van der Waals surface area contributed by atoms with Crippen molar-refractivity contribution < 1.29 is 4.79 Å². The molecule has 0 heterocycles. The highest BCUT2D eigenvalue weighted by Crippen LogP contribution is 2.22. The highest BCUT2D eigenvalue weighted by atomic mass is 35.5. The molecule has 3 unspecified atom stereocenters. The topological polar surface area (TPSA) is 55.1 Å². The van der Waals surface area contributed by atoms with Gasteiger partial charge in [0.05, 0.1) is 6.04 Å². The summed E-state index contributed by atoms with van der Waals surface area (Å²) >= 11 is 6.14. The molecule has 0 aromatic heterocycles. The zero-order valence-electron chi connectivity index (χ0n) is 12.5. The van der Waals surface area contributed by atoms with E-state index in [-0.39, 0.29) is 23.9 Å². The van der Waals surface area contributed by atoms with Crippen molar-refractivity contribution in [3.8, 4) is 0 Å². The summed E-state index contributed by atoms with van der Waals surface area (Å²) in [6.07, 6.45) is 2.80. The Balaban J connectivity index is 2.47. The van der Waals surface area contributed by atoms with Gasteiger partial charge in [0.1, 0.15) is 0 Å². The van der Waals surface area contributed by atoms with Crippen molar-refractivity contribution in [3.63, 3.8) is 0 Å². The third-order valence-corrected chi connectivity index (χ3v) is 3.82. The summed E-state index contributed by atoms with van der Waals surface area (Å²) < 4.78 is 0. The van der Waals surface area contributed by atoms with Crippen LogP contribution in [-0.4, -0.2) is 11.9 Å². The molecular formula is C16H25ClN2O. The van der Waals surface area contributed by atoms with E-state index in [1.165, 1.54) is 0 Å². The van der Waals surface area contributed by atoms with E-state index in [2.05, 4.69) is 5.32 Å². The number of halogens is 1. The van der Waals surface area contributed by atoms with E-state index < -0.39 is 0 Å². The van der Waals surface area contributed by atoms with Crippen molar-refractivity contribution in [1.29, 1.82) is 0 Å². The van der Waals surface area contributed by atoms with Crippen molar-refractivity contribution in [2.45, 2.75) is 52.1 Å². The smallest absolute Gasteiger partial charge is 0.223 e. The van der Waals surface area contributed by atoms with Crippen molar-refractivity contribution in [2.75, 3.05) is 0 Å². The van der Waals surface area contributed by atoms with Crippen LogP contribution in [0.4, 0.5) is 0 Å². The molecule has 0 spiro atoms. The van der Waals surface area contributed by atoms with Gasteiger partial charge in [0.2, 0.25) is 5.91 Å². The molecule has 1 rings (SSSR count). The van der Waals surface area contributed by atoms with Crippen LogP contribution in [0.15, 0.2) is 24.3 Å². The third-order valence-electron chi connectivity index (χ3n) is 3.47. The Kier molecular flexibility index (Phi) is 7.03. The molecule has 0 aliphatic rings. The molecule has 112 valence electrons. The molecule has 3 N–H and O–H groups in total. The lowest BCUT2D eigenvalue weighted by molar-refractivity contribution is -0.125. The number of amides is 1. The van der Waals surface area contributed by atoms with Crippen molar-refractivity contribution >= 4 is 17.5 Å². The largest absolute Gasteiger partial charge is 0.349 e. The Labute approximate surface area is 126 Å². The first-order valence-corrected chi connectivity index (χ1v) is 7.60. The van der Waals surface area contributed by atoms with E-state index in [4.69, 9.17) is 17.3 Å². The molecule has 3 nitrogen and oxygen atoms in total. The Bertz CT molecular complexity index is 434. The maximum Gasteiger partial charge on any atom is 0.223 e. The molecule has 0 aliphatic heterocycles. The molecule has 1 aromatic rings. The van der Waals surface area contributed by atoms with Gasteiger partial charge in [-0.05, 0) is 38.3 Å². The molecule has 0 radical (unpaired) electrons. The van der Waals surface area contributed by atoms with Crippen LogP contribution >= 0.6 is 11.6 Å². The first-order valence-electron chi connectivity index (χ1n) is 7.22. The molecule has 20 heavy (non-hydrogen) atoms. The van der Waals surface area contributed by atoms with Gasteiger partial charge in [0.25, 0.3) is 0 Å². The molecule has 0 fully saturated rings. The van der Waals surface area contributed by atoms with E-state index in [0.29, 0.717) is 5.02 Å². The van der Waals surface area contributed by atoms with E-state index in [0.717, 1.165) is 24.8 Å². The van der Waals surface area contributed by atoms with Gasteiger partial charge >= 0.3 is 0 Å². The molecule has 0 saturated heterocycles. The van der Waals surface area contributed by atoms with E-state index in [1.807, 2.05) is 45.0 Å². The molecule has 4 heteroatoms. The predicted molar refractivity (Wildman–Crippen MR) is 84.7 cm³/mol. The fraction of sp³-hybridized carbons (Fsp3) is 0.562. The average molecular weight is 297 g/mol. The number of nitrogens with one attached hydrogen (secondary N) is 1. The van der Waals surface area contributed by atoms with E-state index in [1.54, 1.807) is 0 Å². The van der Waals surface area contributed by atoms with Gasteiger partial charge in [-0.15, -0.1) is 0 Å². The molecule has 1 aromatic carbocycles. The van der Waals surface area contributed by atoms with Crippen LogP contribution in [0.3, 0.4) is 0 Å². The van der Waals surface area contributed by atoms with E-state index in [9.17, 15) is 4.79 Å². The Hall–Kier alpha value is -1.06. The maximum atomic E-state index is 12.1. The number of hydrogen-bond acceptors (Lipinski definition) is 2. The normalized spacial score (nSPS) is 15.4. The summed E-state index contributed by atoms with van der Waals surface area (Å²) in [5, 5.41) is 3.71. The number of carbonyl (C=O) groups is 1. The minimum absolute atomic E-state index is 0.00122. The van der Waals surface area contributed by atoms with Crippen LogP contribution in [-0.2, 0) is 4.79 Å². The average Bonchev–Trinajstić information content (AvgIpc) is 2.38. The number of benzene rings is 1. The molecule has 3 atom stereocenters. The number of hydrogen-bond donors (Lipinski definition) is 2. The van der Waals surface area contributed by atoms with Crippen LogP contribution in [0.5, 0.6) is 0 Å². The minimum Gasteiger partial charge on any atom is -0.349 e. The quantitative estimate of drug-likeness (QED) is 0.806. The van der Waals surface area contributed by atoms with Gasteiger partial charge in [0, 0.05) is 17.0 Å². The predicted octanol–water partition coefficient (Wildman–Crippen LogP) is 3.67. The van der Waals surface area contributed by atoms with Gasteiger partial charge in [-0.2, -0.15) is 0 Å². The summed E-state index contributed by atoms with van der Waals surface area (Å²) in [6, 6.07) is 7.71. The summed E-state index contributed by atoms with van der Waals surface area (Å²) in [4.78, 5) is 12.1. The highest BCUT2D eigenvalue weighted by molar-refractivity contribution is 6.31. The third kappa shape index (κ3) is 5.51. The monoisotopic (exact) mass is 296 g/mol. The van der Waals surface area contributed by atoms with Gasteiger partial charge in [0.15, 0.2) is 0 Å². The highest BCUT2D eigenvalue weighted by Gasteiger charge is 2.17. The SMILES string of the molecule is CC(N)CCCC(C)C(=O)NC(C)c1ccccc1Cl.